The van der Waals surface area contributed by atoms with Crippen molar-refractivity contribution in [2.24, 2.45) is 0 Å². The van der Waals surface area contributed by atoms with Crippen LogP contribution in [-0.2, 0) is 0 Å². The van der Waals surface area contributed by atoms with Crippen molar-refractivity contribution in [1.82, 2.24) is 15.0 Å². The number of aromatic nitrogens is 3. The van der Waals surface area contributed by atoms with Gasteiger partial charge in [-0.05, 0) is 25.0 Å². The molecule has 0 aliphatic heterocycles. The van der Waals surface area contributed by atoms with Gasteiger partial charge in [-0.2, -0.15) is 5.26 Å². The summed E-state index contributed by atoms with van der Waals surface area (Å²) in [5.41, 5.74) is 4.36. The summed E-state index contributed by atoms with van der Waals surface area (Å²) in [5, 5.41) is 17.6. The van der Waals surface area contributed by atoms with Crippen molar-refractivity contribution in [1.29, 1.82) is 5.26 Å². The molecule has 1 atom stereocenters. The molecule has 0 saturated heterocycles. The average molecular weight is 288 g/mol. The fraction of sp³-hybridized carbons (Fsp3) is 0.167. The first-order valence-corrected chi connectivity index (χ1v) is 7.18. The van der Waals surface area contributed by atoms with E-state index in [1.807, 2.05) is 54.1 Å². The first-order valence-electron chi connectivity index (χ1n) is 7.18. The second-order valence-electron chi connectivity index (χ2n) is 5.24. The number of aryl methyl sites for hydroxylation is 1. The minimum absolute atomic E-state index is 0.00501. The topological polar surface area (TPSA) is 54.5 Å². The highest BCUT2D eigenvalue weighted by Crippen LogP contribution is 2.29. The molecule has 2 aromatic carbocycles. The number of rotatable bonds is 3. The van der Waals surface area contributed by atoms with E-state index < -0.39 is 0 Å². The average Bonchev–Trinajstić information content (AvgIpc) is 2.99. The Morgan fingerprint density at radius 1 is 1.05 bits per heavy atom. The fourth-order valence-electron chi connectivity index (χ4n) is 2.60. The van der Waals surface area contributed by atoms with Crippen molar-refractivity contribution in [3.63, 3.8) is 0 Å². The number of benzene rings is 2. The minimum Gasteiger partial charge on any atom is -0.236 e. The van der Waals surface area contributed by atoms with Crippen LogP contribution in [0.15, 0.2) is 54.6 Å². The Morgan fingerprint density at radius 3 is 2.41 bits per heavy atom. The van der Waals surface area contributed by atoms with E-state index in [-0.39, 0.29) is 6.04 Å². The summed E-state index contributed by atoms with van der Waals surface area (Å²) >= 11 is 0. The van der Waals surface area contributed by atoms with Crippen molar-refractivity contribution in [2.45, 2.75) is 19.9 Å². The first-order chi connectivity index (χ1) is 10.7. The molecule has 0 aliphatic rings. The number of nitriles is 1. The van der Waals surface area contributed by atoms with Gasteiger partial charge in [0.1, 0.15) is 11.8 Å². The smallest absolute Gasteiger partial charge is 0.190 e. The van der Waals surface area contributed by atoms with Gasteiger partial charge in [0.05, 0.1) is 6.04 Å². The van der Waals surface area contributed by atoms with Crippen molar-refractivity contribution in [2.75, 3.05) is 0 Å². The Labute approximate surface area is 129 Å². The van der Waals surface area contributed by atoms with Crippen LogP contribution in [0.25, 0.3) is 11.3 Å². The van der Waals surface area contributed by atoms with Gasteiger partial charge in [0.15, 0.2) is 5.69 Å². The summed E-state index contributed by atoms with van der Waals surface area (Å²) in [6, 6.07) is 20.2. The molecule has 0 saturated carbocycles. The number of hydrogen-bond acceptors (Lipinski definition) is 3. The SMILES string of the molecule is Cc1ccccc1-c1c(C#N)nnn1C(C)c1ccccc1. The quantitative estimate of drug-likeness (QED) is 0.737. The predicted molar refractivity (Wildman–Crippen MR) is 85.2 cm³/mol. The first kappa shape index (κ1) is 14.0. The van der Waals surface area contributed by atoms with Crippen molar-refractivity contribution < 1.29 is 0 Å². The lowest BCUT2D eigenvalue weighted by Gasteiger charge is -2.16. The predicted octanol–water partition coefficient (Wildman–Crippen LogP) is 3.73. The second-order valence-corrected chi connectivity index (χ2v) is 5.24. The van der Waals surface area contributed by atoms with E-state index in [1.165, 1.54) is 0 Å². The van der Waals surface area contributed by atoms with Gasteiger partial charge in [-0.25, -0.2) is 4.68 Å². The molecule has 0 spiro atoms. The molecule has 0 N–H and O–H groups in total. The third-order valence-corrected chi connectivity index (χ3v) is 3.85. The molecule has 108 valence electrons. The summed E-state index contributed by atoms with van der Waals surface area (Å²) in [6.45, 7) is 4.09. The van der Waals surface area contributed by atoms with Gasteiger partial charge in [0.2, 0.25) is 0 Å². The standard InChI is InChI=1S/C18H16N4/c1-13-8-6-7-11-16(13)18-17(12-19)20-21-22(18)14(2)15-9-4-3-5-10-15/h3-11,14H,1-2H3. The maximum absolute atomic E-state index is 9.37. The Kier molecular flexibility index (Phi) is 3.71. The van der Waals surface area contributed by atoms with Crippen LogP contribution in [0.1, 0.15) is 29.8 Å². The summed E-state index contributed by atoms with van der Waals surface area (Å²) in [4.78, 5) is 0. The Hall–Kier alpha value is -2.93. The van der Waals surface area contributed by atoms with E-state index in [2.05, 4.69) is 35.4 Å². The van der Waals surface area contributed by atoms with E-state index in [9.17, 15) is 5.26 Å². The van der Waals surface area contributed by atoms with Crippen LogP contribution in [0.2, 0.25) is 0 Å². The van der Waals surface area contributed by atoms with E-state index in [0.29, 0.717) is 5.69 Å². The third kappa shape index (κ3) is 2.38. The molecule has 22 heavy (non-hydrogen) atoms. The van der Waals surface area contributed by atoms with Crippen LogP contribution in [0.3, 0.4) is 0 Å². The summed E-state index contributed by atoms with van der Waals surface area (Å²) in [6.07, 6.45) is 0. The molecule has 4 nitrogen and oxygen atoms in total. The van der Waals surface area contributed by atoms with E-state index in [1.54, 1.807) is 0 Å². The third-order valence-electron chi connectivity index (χ3n) is 3.85. The molecule has 1 unspecified atom stereocenters. The zero-order valence-electron chi connectivity index (χ0n) is 12.6. The van der Waals surface area contributed by atoms with Crippen molar-refractivity contribution in [3.8, 4) is 17.3 Å². The molecule has 1 heterocycles. The largest absolute Gasteiger partial charge is 0.236 e. The molecule has 0 amide bonds. The normalized spacial score (nSPS) is 11.9. The molecule has 0 aliphatic carbocycles. The van der Waals surface area contributed by atoms with E-state index in [4.69, 9.17) is 0 Å². The van der Waals surface area contributed by atoms with Gasteiger partial charge >= 0.3 is 0 Å². The highest BCUT2D eigenvalue weighted by Gasteiger charge is 2.20. The fourth-order valence-corrected chi connectivity index (χ4v) is 2.60. The molecule has 4 heteroatoms. The Balaban J connectivity index is 2.17. The van der Waals surface area contributed by atoms with Crippen LogP contribution in [0.5, 0.6) is 0 Å². The van der Waals surface area contributed by atoms with Crippen LogP contribution in [0.4, 0.5) is 0 Å². The van der Waals surface area contributed by atoms with Gasteiger partial charge in [-0.1, -0.05) is 59.8 Å². The molecule has 3 rings (SSSR count). The molecule has 0 fully saturated rings. The molecule has 0 radical (unpaired) electrons. The highest BCUT2D eigenvalue weighted by molar-refractivity contribution is 5.68. The maximum atomic E-state index is 9.37. The zero-order chi connectivity index (χ0) is 15.5. The van der Waals surface area contributed by atoms with E-state index in [0.717, 1.165) is 22.4 Å². The van der Waals surface area contributed by atoms with Gasteiger partial charge in [-0.15, -0.1) is 5.10 Å². The lowest BCUT2D eigenvalue weighted by Crippen LogP contribution is -2.10. The molecule has 0 bridgehead atoms. The van der Waals surface area contributed by atoms with E-state index >= 15 is 0 Å². The van der Waals surface area contributed by atoms with Gasteiger partial charge in [0, 0.05) is 5.56 Å². The summed E-state index contributed by atoms with van der Waals surface area (Å²) in [7, 11) is 0. The lowest BCUT2D eigenvalue weighted by atomic mass is 10.0. The van der Waals surface area contributed by atoms with Crippen LogP contribution in [-0.4, -0.2) is 15.0 Å². The monoisotopic (exact) mass is 288 g/mol. The lowest BCUT2D eigenvalue weighted by molar-refractivity contribution is 0.548. The maximum Gasteiger partial charge on any atom is 0.190 e. The molecular weight excluding hydrogens is 272 g/mol. The summed E-state index contributed by atoms with van der Waals surface area (Å²) in [5.74, 6) is 0. The Bertz CT molecular complexity index is 828. The van der Waals surface area contributed by atoms with Crippen molar-refractivity contribution >= 4 is 0 Å². The highest BCUT2D eigenvalue weighted by atomic mass is 15.4. The zero-order valence-corrected chi connectivity index (χ0v) is 12.6. The van der Waals surface area contributed by atoms with Crippen LogP contribution < -0.4 is 0 Å². The van der Waals surface area contributed by atoms with Gasteiger partial charge in [-0.3, -0.25) is 0 Å². The number of nitrogens with zero attached hydrogens (tertiary/aromatic N) is 4. The van der Waals surface area contributed by atoms with Gasteiger partial charge in [0.25, 0.3) is 0 Å². The molecular formula is C18H16N4. The van der Waals surface area contributed by atoms with Crippen LogP contribution >= 0.6 is 0 Å². The van der Waals surface area contributed by atoms with Gasteiger partial charge < -0.3 is 0 Å². The molecule has 3 aromatic rings. The van der Waals surface area contributed by atoms with Crippen molar-refractivity contribution in [3.05, 3.63) is 71.4 Å². The summed E-state index contributed by atoms with van der Waals surface area (Å²) < 4.78 is 1.83. The molecule has 1 aromatic heterocycles. The number of hydrogen-bond donors (Lipinski definition) is 0. The Morgan fingerprint density at radius 2 is 1.73 bits per heavy atom. The second kappa shape index (κ2) is 5.82. The minimum atomic E-state index is 0.00501. The van der Waals surface area contributed by atoms with Crippen LogP contribution in [0, 0.1) is 18.3 Å².